The number of ether oxygens (including phenoxy) is 1. The van der Waals surface area contributed by atoms with Crippen molar-refractivity contribution in [1.29, 1.82) is 0 Å². The van der Waals surface area contributed by atoms with Gasteiger partial charge in [0.25, 0.3) is 0 Å². The number of nitrogens with two attached hydrogens (primary N) is 1. The summed E-state index contributed by atoms with van der Waals surface area (Å²) < 4.78 is 4.65. The summed E-state index contributed by atoms with van der Waals surface area (Å²) in [6.45, 7) is 6.13. The molecular formula is C10H21NO2. The lowest BCUT2D eigenvalue weighted by atomic mass is 9.76. The largest absolute Gasteiger partial charge is 0.469 e. The van der Waals surface area contributed by atoms with Crippen molar-refractivity contribution < 1.29 is 9.53 Å². The van der Waals surface area contributed by atoms with Crippen molar-refractivity contribution in [3.63, 3.8) is 0 Å². The molecule has 2 unspecified atom stereocenters. The molecule has 0 radical (unpaired) electrons. The van der Waals surface area contributed by atoms with E-state index in [1.54, 1.807) is 0 Å². The van der Waals surface area contributed by atoms with Gasteiger partial charge in [-0.3, -0.25) is 4.79 Å². The Hall–Kier alpha value is -0.570. The highest BCUT2D eigenvalue weighted by atomic mass is 16.5. The van der Waals surface area contributed by atoms with Crippen LogP contribution in [0.4, 0.5) is 0 Å². The number of hydrogen-bond acceptors (Lipinski definition) is 3. The van der Waals surface area contributed by atoms with Crippen LogP contribution in [0.15, 0.2) is 0 Å². The Kier molecular flexibility index (Phi) is 4.99. The molecule has 0 aliphatic heterocycles. The zero-order valence-electron chi connectivity index (χ0n) is 9.09. The van der Waals surface area contributed by atoms with Crippen molar-refractivity contribution in [2.24, 2.45) is 11.1 Å². The van der Waals surface area contributed by atoms with E-state index in [0.29, 0.717) is 6.42 Å². The minimum absolute atomic E-state index is 0.0663. The number of esters is 1. The number of carbonyl (C=O) groups is 1. The molecule has 13 heavy (non-hydrogen) atoms. The Balaban J connectivity index is 4.35. The van der Waals surface area contributed by atoms with E-state index in [0.717, 1.165) is 12.8 Å². The maximum absolute atomic E-state index is 11.1. The molecule has 0 aliphatic carbocycles. The highest BCUT2D eigenvalue weighted by Gasteiger charge is 2.31. The Morgan fingerprint density at radius 2 is 2.08 bits per heavy atom. The lowest BCUT2D eigenvalue weighted by Gasteiger charge is -2.32. The molecule has 2 atom stereocenters. The molecule has 0 bridgehead atoms. The Morgan fingerprint density at radius 1 is 1.54 bits per heavy atom. The lowest BCUT2D eigenvalue weighted by molar-refractivity contribution is -0.143. The van der Waals surface area contributed by atoms with Crippen LogP contribution in [0.25, 0.3) is 0 Å². The molecule has 0 heterocycles. The average Bonchev–Trinajstić information content (AvgIpc) is 2.15. The van der Waals surface area contributed by atoms with Crippen LogP contribution in [0.5, 0.6) is 0 Å². The van der Waals surface area contributed by atoms with Gasteiger partial charge in [0.05, 0.1) is 13.5 Å². The third-order valence-electron chi connectivity index (χ3n) is 2.92. The average molecular weight is 187 g/mol. The predicted octanol–water partition coefficient (Wildman–Crippen LogP) is 1.70. The van der Waals surface area contributed by atoms with Crippen LogP contribution in [0, 0.1) is 5.41 Å². The first-order valence-corrected chi connectivity index (χ1v) is 4.82. The zero-order valence-corrected chi connectivity index (χ0v) is 9.09. The van der Waals surface area contributed by atoms with Crippen LogP contribution in [0.1, 0.15) is 40.0 Å². The number of hydrogen-bond donors (Lipinski definition) is 1. The normalized spacial score (nSPS) is 17.6. The second kappa shape index (κ2) is 5.22. The summed E-state index contributed by atoms with van der Waals surface area (Å²) in [7, 11) is 1.41. The van der Waals surface area contributed by atoms with Crippen molar-refractivity contribution in [3.8, 4) is 0 Å². The van der Waals surface area contributed by atoms with Crippen molar-refractivity contribution in [2.75, 3.05) is 7.11 Å². The monoisotopic (exact) mass is 187 g/mol. The summed E-state index contributed by atoms with van der Waals surface area (Å²) in [5.41, 5.74) is 5.83. The molecule has 0 amide bonds. The van der Waals surface area contributed by atoms with Gasteiger partial charge < -0.3 is 10.5 Å². The van der Waals surface area contributed by atoms with Gasteiger partial charge in [-0.15, -0.1) is 0 Å². The Labute approximate surface area is 80.6 Å². The predicted molar refractivity (Wildman–Crippen MR) is 53.3 cm³/mol. The molecule has 0 aliphatic rings. The number of methoxy groups -OCH3 is 1. The van der Waals surface area contributed by atoms with Crippen molar-refractivity contribution in [1.82, 2.24) is 0 Å². The fourth-order valence-corrected chi connectivity index (χ4v) is 1.41. The van der Waals surface area contributed by atoms with Crippen molar-refractivity contribution in [2.45, 2.75) is 46.1 Å². The zero-order chi connectivity index (χ0) is 10.5. The third-order valence-corrected chi connectivity index (χ3v) is 2.92. The molecule has 0 spiro atoms. The smallest absolute Gasteiger partial charge is 0.306 e. The van der Waals surface area contributed by atoms with Crippen molar-refractivity contribution in [3.05, 3.63) is 0 Å². The van der Waals surface area contributed by atoms with Crippen LogP contribution < -0.4 is 5.73 Å². The molecule has 0 rings (SSSR count). The molecule has 3 heteroatoms. The molecule has 0 saturated heterocycles. The first kappa shape index (κ1) is 12.4. The van der Waals surface area contributed by atoms with Crippen LogP contribution in [-0.4, -0.2) is 19.1 Å². The molecule has 0 saturated carbocycles. The van der Waals surface area contributed by atoms with Crippen molar-refractivity contribution >= 4 is 5.97 Å². The van der Waals surface area contributed by atoms with E-state index >= 15 is 0 Å². The van der Waals surface area contributed by atoms with E-state index in [1.807, 2.05) is 13.8 Å². The Morgan fingerprint density at radius 3 is 2.38 bits per heavy atom. The van der Waals surface area contributed by atoms with Crippen LogP contribution in [0.3, 0.4) is 0 Å². The first-order valence-electron chi connectivity index (χ1n) is 4.82. The molecule has 0 fully saturated rings. The quantitative estimate of drug-likeness (QED) is 0.666. The van der Waals surface area contributed by atoms with Gasteiger partial charge in [-0.05, 0) is 18.3 Å². The topological polar surface area (TPSA) is 52.3 Å². The third kappa shape index (κ3) is 3.35. The standard InChI is InChI=1S/C10H21NO2/c1-5-8(11)10(3,6-2)7-9(12)13-4/h8H,5-7,11H2,1-4H3. The van der Waals surface area contributed by atoms with E-state index in [9.17, 15) is 4.79 Å². The Bertz CT molecular complexity index is 170. The minimum Gasteiger partial charge on any atom is -0.469 e. The summed E-state index contributed by atoms with van der Waals surface area (Å²) in [5, 5.41) is 0. The highest BCUT2D eigenvalue weighted by molar-refractivity contribution is 5.70. The van der Waals surface area contributed by atoms with E-state index in [2.05, 4.69) is 11.7 Å². The first-order chi connectivity index (χ1) is 6.00. The van der Waals surface area contributed by atoms with Crippen LogP contribution in [-0.2, 0) is 9.53 Å². The molecule has 2 N–H and O–H groups in total. The SMILES string of the molecule is CCC(N)C(C)(CC)CC(=O)OC. The minimum atomic E-state index is -0.173. The lowest BCUT2D eigenvalue weighted by Crippen LogP contribution is -2.40. The van der Waals surface area contributed by atoms with Gasteiger partial charge in [0.2, 0.25) is 0 Å². The summed E-state index contributed by atoms with van der Waals surface area (Å²) in [6, 6.07) is 0.0663. The number of rotatable bonds is 5. The van der Waals surface area contributed by atoms with Gasteiger partial charge in [0.15, 0.2) is 0 Å². The van der Waals surface area contributed by atoms with Gasteiger partial charge in [-0.25, -0.2) is 0 Å². The summed E-state index contributed by atoms with van der Waals surface area (Å²) in [6.07, 6.45) is 2.20. The molecular weight excluding hydrogens is 166 g/mol. The van der Waals surface area contributed by atoms with E-state index in [4.69, 9.17) is 5.73 Å². The number of carbonyl (C=O) groups excluding carboxylic acids is 1. The molecule has 78 valence electrons. The van der Waals surface area contributed by atoms with E-state index < -0.39 is 0 Å². The van der Waals surface area contributed by atoms with E-state index in [-0.39, 0.29) is 17.4 Å². The van der Waals surface area contributed by atoms with Gasteiger partial charge in [0, 0.05) is 6.04 Å². The summed E-state index contributed by atoms with van der Waals surface area (Å²) >= 11 is 0. The summed E-state index contributed by atoms with van der Waals surface area (Å²) in [5.74, 6) is -0.173. The fourth-order valence-electron chi connectivity index (χ4n) is 1.41. The van der Waals surface area contributed by atoms with E-state index in [1.165, 1.54) is 7.11 Å². The molecule has 3 nitrogen and oxygen atoms in total. The van der Waals surface area contributed by atoms with Gasteiger partial charge in [-0.2, -0.15) is 0 Å². The van der Waals surface area contributed by atoms with Gasteiger partial charge in [-0.1, -0.05) is 20.8 Å². The maximum atomic E-state index is 11.1. The maximum Gasteiger partial charge on any atom is 0.306 e. The van der Waals surface area contributed by atoms with Crippen LogP contribution in [0.2, 0.25) is 0 Å². The van der Waals surface area contributed by atoms with Gasteiger partial charge in [0.1, 0.15) is 0 Å². The second-order valence-electron chi connectivity index (χ2n) is 3.78. The molecule has 0 aromatic heterocycles. The van der Waals surface area contributed by atoms with Crippen LogP contribution >= 0.6 is 0 Å². The fraction of sp³-hybridized carbons (Fsp3) is 0.900. The second-order valence-corrected chi connectivity index (χ2v) is 3.78. The molecule has 0 aromatic rings. The highest BCUT2D eigenvalue weighted by Crippen LogP contribution is 2.30. The van der Waals surface area contributed by atoms with Gasteiger partial charge >= 0.3 is 5.97 Å². The summed E-state index contributed by atoms with van der Waals surface area (Å²) in [4.78, 5) is 11.1. The molecule has 0 aromatic carbocycles.